The van der Waals surface area contributed by atoms with Crippen LogP contribution < -0.4 is 9.47 Å². The molecule has 0 aliphatic carbocycles. The summed E-state index contributed by atoms with van der Waals surface area (Å²) in [6.07, 6.45) is 0.994. The monoisotopic (exact) mass is 440 g/mol. The first-order chi connectivity index (χ1) is 13.8. The minimum atomic E-state index is -2.58. The second-order valence-electron chi connectivity index (χ2n) is 8.07. The summed E-state index contributed by atoms with van der Waals surface area (Å²) in [6.45, 7) is 22.7. The minimum absolute atomic E-state index is 0.633. The molecule has 7 heteroatoms. The van der Waals surface area contributed by atoms with E-state index in [9.17, 15) is 0 Å². The van der Waals surface area contributed by atoms with Crippen LogP contribution in [0.4, 0.5) is 11.4 Å². The zero-order valence-electron chi connectivity index (χ0n) is 20.1. The van der Waals surface area contributed by atoms with Gasteiger partial charge in [-0.1, -0.05) is 31.8 Å². The molecule has 5 nitrogen and oxygen atoms in total. The third-order valence-corrected chi connectivity index (χ3v) is 10.4. The Morgan fingerprint density at radius 3 is 1.69 bits per heavy atom. The standard InChI is InChI=1S/C22H44N2O3Si2/c1-9-23(19-16-20-29(25-11-3,26-12-4)27-13-5)21-17-14-15-18-22(21)24(10-2)28(6,7)8/h14-15,17-18H,9-13,16,19-20H2,1-8H3. The van der Waals surface area contributed by atoms with E-state index in [0.29, 0.717) is 19.8 Å². The molecule has 0 atom stereocenters. The highest BCUT2D eigenvalue weighted by atomic mass is 28.4. The van der Waals surface area contributed by atoms with E-state index in [1.54, 1.807) is 0 Å². The van der Waals surface area contributed by atoms with Crippen molar-refractivity contribution in [1.29, 1.82) is 0 Å². The summed E-state index contributed by atoms with van der Waals surface area (Å²) in [7, 11) is -4.04. The van der Waals surface area contributed by atoms with Gasteiger partial charge < -0.3 is 22.7 Å². The maximum atomic E-state index is 6.03. The maximum Gasteiger partial charge on any atom is 0.500 e. The predicted molar refractivity (Wildman–Crippen MR) is 131 cm³/mol. The van der Waals surface area contributed by atoms with E-state index in [1.165, 1.54) is 11.4 Å². The van der Waals surface area contributed by atoms with Gasteiger partial charge in [-0.25, -0.2) is 0 Å². The van der Waals surface area contributed by atoms with Crippen LogP contribution in [0.15, 0.2) is 24.3 Å². The quantitative estimate of drug-likeness (QED) is 0.331. The fraction of sp³-hybridized carbons (Fsp3) is 0.727. The Morgan fingerprint density at radius 2 is 1.28 bits per heavy atom. The lowest BCUT2D eigenvalue weighted by atomic mass is 10.2. The van der Waals surface area contributed by atoms with E-state index in [2.05, 4.69) is 67.2 Å². The molecule has 0 saturated heterocycles. The van der Waals surface area contributed by atoms with Crippen LogP contribution in [0.2, 0.25) is 25.7 Å². The topological polar surface area (TPSA) is 34.2 Å². The van der Waals surface area contributed by atoms with E-state index >= 15 is 0 Å². The van der Waals surface area contributed by atoms with Crippen LogP contribution in [-0.4, -0.2) is 56.5 Å². The number of rotatable bonds is 15. The summed E-state index contributed by atoms with van der Waals surface area (Å²) in [4.78, 5) is 2.49. The molecule has 0 unspecified atom stereocenters. The number of anilines is 2. The molecule has 0 saturated carbocycles. The first-order valence-corrected chi connectivity index (χ1v) is 16.7. The van der Waals surface area contributed by atoms with Crippen molar-refractivity contribution < 1.29 is 13.3 Å². The fourth-order valence-electron chi connectivity index (χ4n) is 3.90. The molecule has 1 aromatic carbocycles. The average Bonchev–Trinajstić information content (AvgIpc) is 2.66. The molecule has 29 heavy (non-hydrogen) atoms. The van der Waals surface area contributed by atoms with Gasteiger partial charge in [0.15, 0.2) is 0 Å². The fourth-order valence-corrected chi connectivity index (χ4v) is 8.36. The first kappa shape index (κ1) is 26.2. The normalized spacial score (nSPS) is 12.3. The van der Waals surface area contributed by atoms with Crippen molar-refractivity contribution in [2.75, 3.05) is 48.9 Å². The van der Waals surface area contributed by atoms with Crippen LogP contribution in [-0.2, 0) is 13.3 Å². The molecule has 0 aliphatic heterocycles. The van der Waals surface area contributed by atoms with Gasteiger partial charge in [-0.2, -0.15) is 0 Å². The third kappa shape index (κ3) is 7.72. The summed E-state index contributed by atoms with van der Waals surface area (Å²) in [5.41, 5.74) is 2.69. The molecule has 0 N–H and O–H groups in total. The molecule has 0 heterocycles. The number of para-hydroxylation sites is 2. The Kier molecular flexibility index (Phi) is 11.5. The van der Waals surface area contributed by atoms with Gasteiger partial charge in [-0.05, 0) is 53.2 Å². The molecular weight excluding hydrogens is 396 g/mol. The van der Waals surface area contributed by atoms with Crippen molar-refractivity contribution in [3.05, 3.63) is 24.3 Å². The Morgan fingerprint density at radius 1 is 0.759 bits per heavy atom. The summed E-state index contributed by atoms with van der Waals surface area (Å²) in [6, 6.07) is 9.71. The molecular formula is C22H44N2O3Si2. The lowest BCUT2D eigenvalue weighted by Crippen LogP contribution is -2.47. The molecule has 0 aliphatic rings. The molecule has 0 fully saturated rings. The minimum Gasteiger partial charge on any atom is -0.397 e. The first-order valence-electron chi connectivity index (χ1n) is 11.3. The van der Waals surface area contributed by atoms with Crippen molar-refractivity contribution in [2.45, 2.75) is 66.7 Å². The molecule has 168 valence electrons. The zero-order chi connectivity index (χ0) is 21.9. The van der Waals surface area contributed by atoms with Gasteiger partial charge in [-0.3, -0.25) is 0 Å². The SMILES string of the molecule is CCO[Si](CCCN(CC)c1ccccc1N(CC)[Si](C)(C)C)(OCC)OCC. The van der Waals surface area contributed by atoms with Gasteiger partial charge in [0, 0.05) is 45.5 Å². The van der Waals surface area contributed by atoms with E-state index in [0.717, 1.165) is 32.1 Å². The molecule has 0 bridgehead atoms. The van der Waals surface area contributed by atoms with Crippen LogP contribution >= 0.6 is 0 Å². The highest BCUT2D eigenvalue weighted by Gasteiger charge is 2.39. The highest BCUT2D eigenvalue weighted by molar-refractivity contribution is 6.79. The van der Waals surface area contributed by atoms with Crippen molar-refractivity contribution in [3.8, 4) is 0 Å². The largest absolute Gasteiger partial charge is 0.500 e. The molecule has 0 spiro atoms. The number of hydrogen-bond acceptors (Lipinski definition) is 5. The van der Waals surface area contributed by atoms with Gasteiger partial charge >= 0.3 is 8.80 Å². The Balaban J connectivity index is 2.99. The van der Waals surface area contributed by atoms with Gasteiger partial charge in [0.25, 0.3) is 0 Å². The smallest absolute Gasteiger partial charge is 0.397 e. The van der Waals surface area contributed by atoms with Crippen molar-refractivity contribution in [2.24, 2.45) is 0 Å². The van der Waals surface area contributed by atoms with Crippen molar-refractivity contribution in [1.82, 2.24) is 0 Å². The summed E-state index contributed by atoms with van der Waals surface area (Å²) in [5.74, 6) is 0. The van der Waals surface area contributed by atoms with Crippen molar-refractivity contribution in [3.63, 3.8) is 0 Å². The van der Waals surface area contributed by atoms with Crippen LogP contribution in [0.25, 0.3) is 0 Å². The van der Waals surface area contributed by atoms with Crippen LogP contribution in [0.1, 0.15) is 41.0 Å². The van der Waals surface area contributed by atoms with Crippen LogP contribution in [0.5, 0.6) is 0 Å². The van der Waals surface area contributed by atoms with Gasteiger partial charge in [0.05, 0.1) is 11.4 Å². The van der Waals surface area contributed by atoms with E-state index < -0.39 is 17.0 Å². The lowest BCUT2D eigenvalue weighted by molar-refractivity contribution is 0.0709. The third-order valence-electron chi connectivity index (χ3n) is 5.02. The van der Waals surface area contributed by atoms with Gasteiger partial charge in [0.1, 0.15) is 8.24 Å². The molecule has 0 aromatic heterocycles. The van der Waals surface area contributed by atoms with Gasteiger partial charge in [0.2, 0.25) is 0 Å². The number of benzene rings is 1. The lowest BCUT2D eigenvalue weighted by Gasteiger charge is -2.39. The summed E-state index contributed by atoms with van der Waals surface area (Å²) < 4.78 is 20.7. The van der Waals surface area contributed by atoms with Gasteiger partial charge in [-0.15, -0.1) is 0 Å². The molecule has 1 rings (SSSR count). The summed E-state index contributed by atoms with van der Waals surface area (Å²) in [5, 5.41) is 0. The van der Waals surface area contributed by atoms with E-state index in [4.69, 9.17) is 13.3 Å². The zero-order valence-corrected chi connectivity index (χ0v) is 22.1. The predicted octanol–water partition coefficient (Wildman–Crippen LogP) is 5.61. The second-order valence-corrected chi connectivity index (χ2v) is 15.7. The summed E-state index contributed by atoms with van der Waals surface area (Å²) >= 11 is 0. The van der Waals surface area contributed by atoms with Crippen molar-refractivity contribution >= 4 is 28.4 Å². The van der Waals surface area contributed by atoms with E-state index in [-0.39, 0.29) is 0 Å². The molecule has 1 aromatic rings. The average molecular weight is 441 g/mol. The van der Waals surface area contributed by atoms with Crippen LogP contribution in [0.3, 0.4) is 0 Å². The number of nitrogens with zero attached hydrogens (tertiary/aromatic N) is 2. The number of hydrogen-bond donors (Lipinski definition) is 0. The van der Waals surface area contributed by atoms with Crippen LogP contribution in [0, 0.1) is 0 Å². The molecule has 0 radical (unpaired) electrons. The second kappa shape index (κ2) is 12.7. The highest BCUT2D eigenvalue weighted by Crippen LogP contribution is 2.33. The maximum absolute atomic E-state index is 6.03. The Labute approximate surface area is 181 Å². The van der Waals surface area contributed by atoms with E-state index in [1.807, 2.05) is 20.8 Å². The molecule has 0 amide bonds. The Hall–Kier alpha value is -0.866. The Bertz CT molecular complexity index is 564.